The number of aliphatic carboxylic acids is 1. The minimum Gasteiger partial charge on any atom is -0.480 e. The van der Waals surface area contributed by atoms with E-state index in [1.807, 2.05) is 0 Å². The first-order chi connectivity index (χ1) is 14.9. The van der Waals surface area contributed by atoms with Crippen molar-refractivity contribution in [1.82, 2.24) is 25.9 Å². The van der Waals surface area contributed by atoms with Crippen LogP contribution in [0.5, 0.6) is 0 Å². The largest absolute Gasteiger partial charge is 0.480 e. The minimum absolute atomic E-state index is 0.114. The molecule has 1 heterocycles. The Bertz CT molecular complexity index is 857. The van der Waals surface area contributed by atoms with Gasteiger partial charge in [-0.2, -0.15) is 0 Å². The molecule has 1 aromatic heterocycles. The lowest BCUT2D eigenvalue weighted by Gasteiger charge is -2.24. The number of carboxylic acids is 1. The number of aromatic nitrogens is 2. The maximum Gasteiger partial charge on any atom is 0.325 e. The van der Waals surface area contributed by atoms with Crippen molar-refractivity contribution < 1.29 is 33.9 Å². The van der Waals surface area contributed by atoms with Gasteiger partial charge in [0.2, 0.25) is 29.5 Å². The number of carboxylic acid groups (broad SMARTS) is 1. The molecule has 0 fully saturated rings. The first-order valence-electron chi connectivity index (χ1n) is 9.34. The SMILES string of the molecule is CC(NC(=O)C(CC(N)=O)NC(=O)C(Cc1cnc[nH]1)NC(=O)C(N)CC(N)=O)C(=O)O. The number of nitrogens with two attached hydrogens (primary N) is 3. The van der Waals surface area contributed by atoms with Gasteiger partial charge in [0, 0.05) is 18.3 Å². The van der Waals surface area contributed by atoms with Crippen LogP contribution in [0.25, 0.3) is 0 Å². The number of nitrogens with one attached hydrogen (secondary N) is 4. The molecule has 15 heteroatoms. The first-order valence-corrected chi connectivity index (χ1v) is 9.34. The lowest BCUT2D eigenvalue weighted by atomic mass is 10.1. The van der Waals surface area contributed by atoms with E-state index in [9.17, 15) is 28.8 Å². The molecule has 0 radical (unpaired) electrons. The summed E-state index contributed by atoms with van der Waals surface area (Å²) >= 11 is 0. The molecule has 0 aliphatic carbocycles. The molecule has 1 rings (SSSR count). The number of hydrogen-bond acceptors (Lipinski definition) is 8. The van der Waals surface area contributed by atoms with E-state index < -0.39 is 72.5 Å². The number of primary amides is 2. The number of imidazole rings is 1. The van der Waals surface area contributed by atoms with Crippen LogP contribution in [0.1, 0.15) is 25.5 Å². The highest BCUT2D eigenvalue weighted by Crippen LogP contribution is 2.03. The second kappa shape index (κ2) is 12.0. The molecule has 15 nitrogen and oxygen atoms in total. The predicted molar refractivity (Wildman–Crippen MR) is 107 cm³/mol. The molecule has 4 atom stereocenters. The molecule has 0 saturated carbocycles. The summed E-state index contributed by atoms with van der Waals surface area (Å²) in [6, 6.07) is -5.45. The molecule has 1 aromatic rings. The van der Waals surface area contributed by atoms with Gasteiger partial charge in [0.05, 0.1) is 25.2 Å². The highest BCUT2D eigenvalue weighted by Gasteiger charge is 2.31. The lowest BCUT2D eigenvalue weighted by molar-refractivity contribution is -0.142. The van der Waals surface area contributed by atoms with Crippen molar-refractivity contribution in [2.24, 2.45) is 17.2 Å². The van der Waals surface area contributed by atoms with Crippen LogP contribution in [-0.2, 0) is 35.2 Å². The van der Waals surface area contributed by atoms with E-state index in [4.69, 9.17) is 22.3 Å². The van der Waals surface area contributed by atoms with E-state index in [1.54, 1.807) is 0 Å². The number of carbonyl (C=O) groups is 6. The first kappa shape index (κ1) is 26.0. The van der Waals surface area contributed by atoms with E-state index in [1.165, 1.54) is 19.4 Å². The fourth-order valence-corrected chi connectivity index (χ4v) is 2.47. The van der Waals surface area contributed by atoms with E-state index in [0.29, 0.717) is 5.69 Å². The Morgan fingerprint density at radius 2 is 1.53 bits per heavy atom. The van der Waals surface area contributed by atoms with Gasteiger partial charge in [0.25, 0.3) is 0 Å². The van der Waals surface area contributed by atoms with Crippen LogP contribution in [0.3, 0.4) is 0 Å². The molecular weight excluding hydrogens is 428 g/mol. The molecule has 11 N–H and O–H groups in total. The summed E-state index contributed by atoms with van der Waals surface area (Å²) < 4.78 is 0. The second-order valence-electron chi connectivity index (χ2n) is 6.92. The third-order valence-corrected chi connectivity index (χ3v) is 4.14. The fraction of sp³-hybridized carbons (Fsp3) is 0.471. The van der Waals surface area contributed by atoms with Gasteiger partial charge in [0.15, 0.2) is 0 Å². The summed E-state index contributed by atoms with van der Waals surface area (Å²) in [6.45, 7) is 1.19. The number of H-pyrrole nitrogens is 1. The average molecular weight is 454 g/mol. The Morgan fingerprint density at radius 1 is 0.969 bits per heavy atom. The van der Waals surface area contributed by atoms with Crippen molar-refractivity contribution in [3.8, 4) is 0 Å². The Labute approximate surface area is 181 Å². The average Bonchev–Trinajstić information content (AvgIpc) is 3.18. The van der Waals surface area contributed by atoms with Crippen LogP contribution in [0, 0.1) is 0 Å². The number of aromatic amines is 1. The van der Waals surface area contributed by atoms with Gasteiger partial charge in [-0.3, -0.25) is 28.8 Å². The van der Waals surface area contributed by atoms with Crippen molar-refractivity contribution >= 4 is 35.5 Å². The molecule has 32 heavy (non-hydrogen) atoms. The summed E-state index contributed by atoms with van der Waals surface area (Å²) in [4.78, 5) is 77.3. The number of rotatable bonds is 13. The Morgan fingerprint density at radius 3 is 2.03 bits per heavy atom. The molecule has 4 unspecified atom stereocenters. The van der Waals surface area contributed by atoms with Crippen LogP contribution in [0.4, 0.5) is 0 Å². The van der Waals surface area contributed by atoms with Crippen LogP contribution in [0.2, 0.25) is 0 Å². The zero-order valence-corrected chi connectivity index (χ0v) is 17.2. The summed E-state index contributed by atoms with van der Waals surface area (Å²) in [5.74, 6) is -5.83. The summed E-state index contributed by atoms with van der Waals surface area (Å²) in [7, 11) is 0. The van der Waals surface area contributed by atoms with Gasteiger partial charge in [-0.05, 0) is 6.92 Å². The molecule has 0 spiro atoms. The summed E-state index contributed by atoms with van der Waals surface area (Å²) in [5, 5.41) is 15.7. The van der Waals surface area contributed by atoms with Gasteiger partial charge in [-0.15, -0.1) is 0 Å². The quantitative estimate of drug-likeness (QED) is 0.143. The number of hydrogen-bond donors (Lipinski definition) is 8. The normalized spacial score (nSPS) is 14.3. The molecule has 0 bridgehead atoms. The second-order valence-corrected chi connectivity index (χ2v) is 6.92. The topological polar surface area (TPSA) is 265 Å². The maximum atomic E-state index is 12.8. The lowest BCUT2D eigenvalue weighted by Crippen LogP contribution is -2.58. The van der Waals surface area contributed by atoms with Gasteiger partial charge < -0.3 is 43.2 Å². The van der Waals surface area contributed by atoms with E-state index in [-0.39, 0.29) is 6.42 Å². The molecule has 0 aliphatic rings. The highest BCUT2D eigenvalue weighted by molar-refractivity contribution is 5.96. The van der Waals surface area contributed by atoms with Crippen molar-refractivity contribution in [1.29, 1.82) is 0 Å². The Kier molecular flexibility index (Phi) is 9.75. The molecule has 176 valence electrons. The van der Waals surface area contributed by atoms with Gasteiger partial charge in [-0.1, -0.05) is 0 Å². The molecule has 0 aliphatic heterocycles. The van der Waals surface area contributed by atoms with E-state index >= 15 is 0 Å². The summed E-state index contributed by atoms with van der Waals surface area (Å²) in [5.41, 5.74) is 16.2. The van der Waals surface area contributed by atoms with E-state index in [2.05, 4.69) is 25.9 Å². The number of nitrogens with zero attached hydrogens (tertiary/aromatic N) is 1. The van der Waals surface area contributed by atoms with Crippen LogP contribution in [-0.4, -0.2) is 74.7 Å². The number of carbonyl (C=O) groups excluding carboxylic acids is 5. The fourth-order valence-electron chi connectivity index (χ4n) is 2.47. The smallest absolute Gasteiger partial charge is 0.325 e. The van der Waals surface area contributed by atoms with Crippen molar-refractivity contribution in [2.75, 3.05) is 0 Å². The zero-order valence-electron chi connectivity index (χ0n) is 17.2. The predicted octanol–water partition coefficient (Wildman–Crippen LogP) is -4.41. The third-order valence-electron chi connectivity index (χ3n) is 4.14. The minimum atomic E-state index is -1.51. The van der Waals surface area contributed by atoms with Crippen LogP contribution in [0.15, 0.2) is 12.5 Å². The molecule has 0 aromatic carbocycles. The van der Waals surface area contributed by atoms with Gasteiger partial charge in [0.1, 0.15) is 18.1 Å². The Balaban J connectivity index is 3.01. The van der Waals surface area contributed by atoms with Crippen molar-refractivity contribution in [2.45, 2.75) is 50.4 Å². The Hall–Kier alpha value is -4.01. The molecule has 5 amide bonds. The van der Waals surface area contributed by atoms with Crippen molar-refractivity contribution in [3.05, 3.63) is 18.2 Å². The van der Waals surface area contributed by atoms with Gasteiger partial charge >= 0.3 is 5.97 Å². The number of amides is 5. The third kappa shape index (κ3) is 8.78. The maximum absolute atomic E-state index is 12.8. The highest BCUT2D eigenvalue weighted by atomic mass is 16.4. The summed E-state index contributed by atoms with van der Waals surface area (Å²) in [6.07, 6.45) is 1.51. The van der Waals surface area contributed by atoms with Gasteiger partial charge in [-0.25, -0.2) is 4.98 Å². The monoisotopic (exact) mass is 454 g/mol. The van der Waals surface area contributed by atoms with Crippen molar-refractivity contribution in [3.63, 3.8) is 0 Å². The molecular formula is C17H26N8O7. The zero-order chi connectivity index (χ0) is 24.4. The van der Waals surface area contributed by atoms with Crippen LogP contribution < -0.4 is 33.2 Å². The van der Waals surface area contributed by atoms with E-state index in [0.717, 1.165) is 0 Å². The standard InChI is InChI=1S/C17H26N8O7/c1-7(17(31)32)23-15(29)11(4-13(20)27)25-16(30)10(2-8-5-21-6-22-8)24-14(28)9(18)3-12(19)26/h5-7,9-11H,2-4,18H2,1H3,(H2,19,26)(H2,20,27)(H,21,22)(H,23,29)(H,24,28)(H,25,30)(H,31,32). The molecule has 0 saturated heterocycles. The van der Waals surface area contributed by atoms with Crippen LogP contribution >= 0.6 is 0 Å².